The fourth-order valence-corrected chi connectivity index (χ4v) is 4.54. The summed E-state index contributed by atoms with van der Waals surface area (Å²) in [7, 11) is 0. The van der Waals surface area contributed by atoms with Crippen molar-refractivity contribution in [3.05, 3.63) is 58.0 Å². The van der Waals surface area contributed by atoms with Crippen LogP contribution in [0.1, 0.15) is 22.3 Å². The number of hydrogen-bond acceptors (Lipinski definition) is 4. The first-order valence-electron chi connectivity index (χ1n) is 6.36. The van der Waals surface area contributed by atoms with E-state index in [-0.39, 0.29) is 0 Å². The molecule has 0 fully saturated rings. The van der Waals surface area contributed by atoms with Crippen molar-refractivity contribution in [2.45, 2.75) is 13.0 Å². The molecule has 1 unspecified atom stereocenters. The van der Waals surface area contributed by atoms with E-state index >= 15 is 0 Å². The molecule has 4 rings (SSSR count). The highest BCUT2D eigenvalue weighted by Gasteiger charge is 2.19. The van der Waals surface area contributed by atoms with Crippen molar-refractivity contribution in [1.82, 2.24) is 0 Å². The van der Waals surface area contributed by atoms with E-state index < -0.39 is 6.10 Å². The Labute approximate surface area is 123 Å². The molecule has 0 bridgehead atoms. The Kier molecular flexibility index (Phi) is 2.70. The van der Waals surface area contributed by atoms with Gasteiger partial charge in [0, 0.05) is 19.7 Å². The van der Waals surface area contributed by atoms with Gasteiger partial charge in [0.15, 0.2) is 0 Å². The number of para-hydroxylation sites is 1. The number of aliphatic hydroxyl groups is 1. The van der Waals surface area contributed by atoms with E-state index in [1.54, 1.807) is 22.7 Å². The standard InChI is InChI=1S/C16H12O2S2/c1-9-3-2-4-10-7-11(18-16(9)10)15(17)14-8-13-12(20-14)5-6-19-13/h2-8,15,17H,1H3. The summed E-state index contributed by atoms with van der Waals surface area (Å²) >= 11 is 3.32. The van der Waals surface area contributed by atoms with Crippen LogP contribution in [0.4, 0.5) is 0 Å². The summed E-state index contributed by atoms with van der Waals surface area (Å²) in [5.74, 6) is 0.614. The van der Waals surface area contributed by atoms with Crippen molar-refractivity contribution in [1.29, 1.82) is 0 Å². The van der Waals surface area contributed by atoms with Crippen LogP contribution in [0.3, 0.4) is 0 Å². The maximum Gasteiger partial charge on any atom is 0.146 e. The lowest BCUT2D eigenvalue weighted by Crippen LogP contribution is -1.93. The molecule has 0 aliphatic carbocycles. The molecule has 20 heavy (non-hydrogen) atoms. The molecule has 4 heteroatoms. The molecule has 1 atom stereocenters. The zero-order valence-corrected chi connectivity index (χ0v) is 12.4. The summed E-state index contributed by atoms with van der Waals surface area (Å²) in [5.41, 5.74) is 1.95. The smallest absolute Gasteiger partial charge is 0.146 e. The molecule has 1 N–H and O–H groups in total. The lowest BCUT2D eigenvalue weighted by molar-refractivity contribution is 0.196. The average Bonchev–Trinajstić information content (AvgIpc) is 3.11. The van der Waals surface area contributed by atoms with Crippen LogP contribution < -0.4 is 0 Å². The van der Waals surface area contributed by atoms with Gasteiger partial charge in [-0.25, -0.2) is 0 Å². The Hall–Kier alpha value is -1.62. The van der Waals surface area contributed by atoms with Gasteiger partial charge in [-0.3, -0.25) is 0 Å². The van der Waals surface area contributed by atoms with Gasteiger partial charge >= 0.3 is 0 Å². The number of aryl methyl sites for hydroxylation is 1. The Balaban J connectivity index is 1.81. The molecule has 3 heterocycles. The van der Waals surface area contributed by atoms with Crippen LogP contribution in [-0.4, -0.2) is 5.11 Å². The second kappa shape index (κ2) is 4.45. The number of thiophene rings is 2. The first-order valence-corrected chi connectivity index (χ1v) is 8.06. The topological polar surface area (TPSA) is 33.4 Å². The van der Waals surface area contributed by atoms with Gasteiger partial charge in [0.1, 0.15) is 17.4 Å². The SMILES string of the molecule is Cc1cccc2cc(C(O)c3cc4sccc4s3)oc12. The zero-order valence-electron chi connectivity index (χ0n) is 10.8. The van der Waals surface area contributed by atoms with Crippen molar-refractivity contribution in [2.75, 3.05) is 0 Å². The Morgan fingerprint density at radius 3 is 2.85 bits per heavy atom. The molecule has 2 nitrogen and oxygen atoms in total. The van der Waals surface area contributed by atoms with Crippen LogP contribution >= 0.6 is 22.7 Å². The largest absolute Gasteiger partial charge is 0.458 e. The van der Waals surface area contributed by atoms with Crippen LogP contribution in [-0.2, 0) is 0 Å². The maximum atomic E-state index is 10.5. The minimum Gasteiger partial charge on any atom is -0.458 e. The molecule has 4 aromatic rings. The van der Waals surface area contributed by atoms with E-state index in [1.807, 2.05) is 31.2 Å². The minimum atomic E-state index is -0.689. The van der Waals surface area contributed by atoms with Gasteiger partial charge < -0.3 is 9.52 Å². The number of hydrogen-bond donors (Lipinski definition) is 1. The second-order valence-corrected chi connectivity index (χ2v) is 6.91. The molecular formula is C16H12O2S2. The highest BCUT2D eigenvalue weighted by Crippen LogP contribution is 2.37. The van der Waals surface area contributed by atoms with Crippen LogP contribution in [0.25, 0.3) is 20.4 Å². The molecule has 0 saturated carbocycles. The van der Waals surface area contributed by atoms with Crippen molar-refractivity contribution in [3.8, 4) is 0 Å². The van der Waals surface area contributed by atoms with Crippen LogP contribution in [0.15, 0.2) is 46.2 Å². The van der Waals surface area contributed by atoms with E-state index in [0.717, 1.165) is 21.4 Å². The van der Waals surface area contributed by atoms with Gasteiger partial charge in [-0.15, -0.1) is 22.7 Å². The average molecular weight is 300 g/mol. The van der Waals surface area contributed by atoms with Gasteiger partial charge in [0.2, 0.25) is 0 Å². The number of furan rings is 1. The molecule has 0 spiro atoms. The number of aliphatic hydroxyl groups excluding tert-OH is 1. The summed E-state index contributed by atoms with van der Waals surface area (Å²) in [6.07, 6.45) is -0.689. The first-order chi connectivity index (χ1) is 9.72. The Morgan fingerprint density at radius 1 is 1.15 bits per heavy atom. The third kappa shape index (κ3) is 1.80. The summed E-state index contributed by atoms with van der Waals surface area (Å²) in [6, 6.07) is 12.1. The molecular weight excluding hydrogens is 288 g/mol. The maximum absolute atomic E-state index is 10.5. The molecule has 0 aliphatic heterocycles. The summed E-state index contributed by atoms with van der Waals surface area (Å²) in [5, 5.41) is 13.6. The van der Waals surface area contributed by atoms with Crippen LogP contribution in [0, 0.1) is 6.92 Å². The summed E-state index contributed by atoms with van der Waals surface area (Å²) < 4.78 is 8.29. The van der Waals surface area contributed by atoms with Gasteiger partial charge in [0.05, 0.1) is 0 Å². The van der Waals surface area contributed by atoms with E-state index in [1.165, 1.54) is 9.40 Å². The van der Waals surface area contributed by atoms with E-state index in [9.17, 15) is 5.11 Å². The molecule has 0 aliphatic rings. The lowest BCUT2D eigenvalue weighted by atomic mass is 10.1. The fourth-order valence-electron chi connectivity index (χ4n) is 2.42. The third-order valence-corrected chi connectivity index (χ3v) is 5.60. The van der Waals surface area contributed by atoms with Gasteiger partial charge in [-0.05, 0) is 36.1 Å². The van der Waals surface area contributed by atoms with E-state index in [2.05, 4.69) is 17.5 Å². The summed E-state index contributed by atoms with van der Waals surface area (Å²) in [6.45, 7) is 2.02. The number of fused-ring (bicyclic) bond motifs is 2. The van der Waals surface area contributed by atoms with Crippen molar-refractivity contribution in [2.24, 2.45) is 0 Å². The first kappa shape index (κ1) is 12.1. The van der Waals surface area contributed by atoms with Crippen LogP contribution in [0.5, 0.6) is 0 Å². The van der Waals surface area contributed by atoms with Gasteiger partial charge in [-0.1, -0.05) is 18.2 Å². The van der Waals surface area contributed by atoms with Gasteiger partial charge in [-0.2, -0.15) is 0 Å². The van der Waals surface area contributed by atoms with Crippen molar-refractivity contribution < 1.29 is 9.52 Å². The Morgan fingerprint density at radius 2 is 2.05 bits per heavy atom. The quantitative estimate of drug-likeness (QED) is 0.559. The normalized spacial score (nSPS) is 13.3. The molecule has 0 radical (unpaired) electrons. The third-order valence-electron chi connectivity index (χ3n) is 3.46. The highest BCUT2D eigenvalue weighted by molar-refractivity contribution is 7.26. The van der Waals surface area contributed by atoms with Crippen molar-refractivity contribution >= 4 is 43.0 Å². The van der Waals surface area contributed by atoms with Crippen molar-refractivity contribution in [3.63, 3.8) is 0 Å². The van der Waals surface area contributed by atoms with Gasteiger partial charge in [0.25, 0.3) is 0 Å². The predicted molar refractivity (Wildman–Crippen MR) is 84.7 cm³/mol. The number of rotatable bonds is 2. The molecule has 1 aromatic carbocycles. The minimum absolute atomic E-state index is 0.614. The van der Waals surface area contributed by atoms with Crippen LogP contribution in [0.2, 0.25) is 0 Å². The molecule has 100 valence electrons. The molecule has 3 aromatic heterocycles. The van der Waals surface area contributed by atoms with E-state index in [0.29, 0.717) is 5.76 Å². The second-order valence-electron chi connectivity index (χ2n) is 4.84. The number of benzene rings is 1. The van der Waals surface area contributed by atoms with E-state index in [4.69, 9.17) is 4.42 Å². The predicted octanol–water partition coefficient (Wildman–Crippen LogP) is 5.10. The fraction of sp³-hybridized carbons (Fsp3) is 0.125. The monoisotopic (exact) mass is 300 g/mol. The summed E-state index contributed by atoms with van der Waals surface area (Å²) in [4.78, 5) is 0.934. The highest BCUT2D eigenvalue weighted by atomic mass is 32.1. The Bertz CT molecular complexity index is 869. The lowest BCUT2D eigenvalue weighted by Gasteiger charge is -2.03. The molecule has 0 saturated heterocycles. The zero-order chi connectivity index (χ0) is 13.7. The molecule has 0 amide bonds.